The lowest BCUT2D eigenvalue weighted by atomic mass is 10.1. The van der Waals surface area contributed by atoms with Crippen molar-refractivity contribution in [3.8, 4) is 11.5 Å². The van der Waals surface area contributed by atoms with Gasteiger partial charge in [-0.25, -0.2) is 4.90 Å². The lowest BCUT2D eigenvalue weighted by Gasteiger charge is -2.30. The summed E-state index contributed by atoms with van der Waals surface area (Å²) in [6.45, 7) is 0.350. The van der Waals surface area contributed by atoms with Gasteiger partial charge in [0, 0.05) is 12.2 Å². The number of para-hydroxylation sites is 1. The summed E-state index contributed by atoms with van der Waals surface area (Å²) in [5.74, 6) is 0.787. The number of hydrogen-bond acceptors (Lipinski definition) is 5. The SMILES string of the molecule is COc1ccc(CN(C(=S)Nc2ccccc2)[C@H]2CC(=O)N(c3ccc(OC)cc3)C2=O)cc1. The average Bonchev–Trinajstić information content (AvgIpc) is 3.16. The molecule has 1 saturated heterocycles. The largest absolute Gasteiger partial charge is 0.497 e. The molecule has 3 aromatic carbocycles. The van der Waals surface area contributed by atoms with Crippen LogP contribution >= 0.6 is 12.2 Å². The van der Waals surface area contributed by atoms with Crippen LogP contribution in [0.3, 0.4) is 0 Å². The summed E-state index contributed by atoms with van der Waals surface area (Å²) in [6, 6.07) is 23.1. The lowest BCUT2D eigenvalue weighted by molar-refractivity contribution is -0.122. The van der Waals surface area contributed by atoms with Gasteiger partial charge in [-0.15, -0.1) is 0 Å². The number of imide groups is 1. The van der Waals surface area contributed by atoms with Crippen LogP contribution in [0, 0.1) is 0 Å². The molecule has 34 heavy (non-hydrogen) atoms. The predicted octanol–water partition coefficient (Wildman–Crippen LogP) is 4.23. The van der Waals surface area contributed by atoms with E-state index >= 15 is 0 Å². The zero-order chi connectivity index (χ0) is 24.1. The molecule has 2 amide bonds. The Morgan fingerprint density at radius 1 is 0.941 bits per heavy atom. The van der Waals surface area contributed by atoms with Crippen molar-refractivity contribution in [2.45, 2.75) is 19.0 Å². The normalized spacial score (nSPS) is 15.2. The van der Waals surface area contributed by atoms with Crippen molar-refractivity contribution in [2.75, 3.05) is 24.4 Å². The van der Waals surface area contributed by atoms with Crippen LogP contribution in [-0.4, -0.2) is 42.1 Å². The summed E-state index contributed by atoms with van der Waals surface area (Å²) in [7, 11) is 3.17. The summed E-state index contributed by atoms with van der Waals surface area (Å²) in [5, 5.41) is 3.57. The Balaban J connectivity index is 1.61. The summed E-state index contributed by atoms with van der Waals surface area (Å²) in [6.07, 6.45) is 0.0254. The molecule has 1 atom stereocenters. The van der Waals surface area contributed by atoms with E-state index in [2.05, 4.69) is 5.32 Å². The van der Waals surface area contributed by atoms with Gasteiger partial charge in [0.25, 0.3) is 5.91 Å². The van der Waals surface area contributed by atoms with E-state index in [1.54, 1.807) is 43.4 Å². The summed E-state index contributed by atoms with van der Waals surface area (Å²) >= 11 is 5.71. The number of carbonyl (C=O) groups is 2. The zero-order valence-electron chi connectivity index (χ0n) is 18.9. The second-order valence-corrected chi connectivity index (χ2v) is 8.14. The molecule has 1 fully saturated rings. The number of thiocarbonyl (C=S) groups is 1. The fraction of sp³-hybridized carbons (Fsp3) is 0.192. The van der Waals surface area contributed by atoms with Gasteiger partial charge in [0.15, 0.2) is 5.11 Å². The van der Waals surface area contributed by atoms with Crippen LogP contribution in [0.1, 0.15) is 12.0 Å². The first-order valence-electron chi connectivity index (χ1n) is 10.8. The van der Waals surface area contributed by atoms with Gasteiger partial charge in [0.1, 0.15) is 17.5 Å². The molecule has 0 saturated carbocycles. The number of anilines is 2. The molecular formula is C26H25N3O4S. The maximum Gasteiger partial charge on any atom is 0.257 e. The van der Waals surface area contributed by atoms with Crippen LogP contribution in [0.4, 0.5) is 11.4 Å². The Morgan fingerprint density at radius 3 is 2.12 bits per heavy atom. The van der Waals surface area contributed by atoms with Gasteiger partial charge in [-0.05, 0) is 66.3 Å². The van der Waals surface area contributed by atoms with Crippen molar-refractivity contribution in [3.63, 3.8) is 0 Å². The summed E-state index contributed by atoms with van der Waals surface area (Å²) < 4.78 is 10.4. The molecule has 1 aliphatic rings. The second kappa shape index (κ2) is 10.4. The maximum atomic E-state index is 13.5. The van der Waals surface area contributed by atoms with Crippen LogP contribution in [-0.2, 0) is 16.1 Å². The monoisotopic (exact) mass is 475 g/mol. The molecule has 1 N–H and O–H groups in total. The van der Waals surface area contributed by atoms with E-state index in [0.29, 0.717) is 23.1 Å². The Hall–Kier alpha value is -3.91. The van der Waals surface area contributed by atoms with Crippen LogP contribution in [0.2, 0.25) is 0 Å². The first kappa shape index (κ1) is 23.3. The molecule has 3 aromatic rings. The van der Waals surface area contributed by atoms with Crippen molar-refractivity contribution in [1.82, 2.24) is 4.90 Å². The van der Waals surface area contributed by atoms with Gasteiger partial charge >= 0.3 is 0 Å². The Labute approximate surface area is 203 Å². The number of nitrogens with one attached hydrogen (secondary N) is 1. The van der Waals surface area contributed by atoms with Gasteiger partial charge in [0.05, 0.1) is 26.3 Å². The molecule has 0 aromatic heterocycles. The van der Waals surface area contributed by atoms with Gasteiger partial charge in [-0.1, -0.05) is 30.3 Å². The molecule has 0 aliphatic carbocycles. The van der Waals surface area contributed by atoms with Gasteiger partial charge in [-0.2, -0.15) is 0 Å². The molecule has 0 spiro atoms. The van der Waals surface area contributed by atoms with Crippen LogP contribution in [0.5, 0.6) is 11.5 Å². The van der Waals surface area contributed by atoms with E-state index in [9.17, 15) is 9.59 Å². The molecule has 1 heterocycles. The first-order chi connectivity index (χ1) is 16.5. The number of carbonyl (C=O) groups excluding carboxylic acids is 2. The van der Waals surface area contributed by atoms with Gasteiger partial charge in [0.2, 0.25) is 5.91 Å². The zero-order valence-corrected chi connectivity index (χ0v) is 19.7. The van der Waals surface area contributed by atoms with Crippen molar-refractivity contribution in [3.05, 3.63) is 84.4 Å². The number of rotatable bonds is 7. The maximum absolute atomic E-state index is 13.5. The third-order valence-corrected chi connectivity index (χ3v) is 5.96. The van der Waals surface area contributed by atoms with Gasteiger partial charge < -0.3 is 19.7 Å². The average molecular weight is 476 g/mol. The second-order valence-electron chi connectivity index (χ2n) is 7.76. The minimum Gasteiger partial charge on any atom is -0.497 e. The van der Waals surface area contributed by atoms with E-state index in [1.807, 2.05) is 54.6 Å². The smallest absolute Gasteiger partial charge is 0.257 e. The van der Waals surface area contributed by atoms with E-state index in [0.717, 1.165) is 17.0 Å². The van der Waals surface area contributed by atoms with Crippen LogP contribution < -0.4 is 19.7 Å². The number of amides is 2. The topological polar surface area (TPSA) is 71.1 Å². The van der Waals surface area contributed by atoms with E-state index in [1.165, 1.54) is 4.90 Å². The third-order valence-electron chi connectivity index (χ3n) is 5.63. The molecular weight excluding hydrogens is 450 g/mol. The van der Waals surface area contributed by atoms with Crippen LogP contribution in [0.25, 0.3) is 0 Å². The third kappa shape index (κ3) is 5.02. The van der Waals surface area contributed by atoms with Gasteiger partial charge in [-0.3, -0.25) is 9.59 Å². The quantitative estimate of drug-likeness (QED) is 0.405. The van der Waals surface area contributed by atoms with E-state index < -0.39 is 6.04 Å². The van der Waals surface area contributed by atoms with Crippen molar-refractivity contribution in [2.24, 2.45) is 0 Å². The number of methoxy groups -OCH3 is 2. The summed E-state index contributed by atoms with van der Waals surface area (Å²) in [5.41, 5.74) is 2.24. The van der Waals surface area contributed by atoms with E-state index in [4.69, 9.17) is 21.7 Å². The molecule has 1 aliphatic heterocycles. The van der Waals surface area contributed by atoms with Crippen molar-refractivity contribution >= 4 is 40.5 Å². The number of hydrogen-bond donors (Lipinski definition) is 1. The number of ether oxygens (including phenoxy) is 2. The van der Waals surface area contributed by atoms with Crippen LogP contribution in [0.15, 0.2) is 78.9 Å². The Morgan fingerprint density at radius 2 is 1.53 bits per heavy atom. The minimum absolute atomic E-state index is 0.0254. The Kier molecular flexibility index (Phi) is 7.08. The molecule has 0 bridgehead atoms. The van der Waals surface area contributed by atoms with E-state index in [-0.39, 0.29) is 18.2 Å². The molecule has 7 nitrogen and oxygen atoms in total. The summed E-state index contributed by atoms with van der Waals surface area (Å²) in [4.78, 5) is 29.4. The van der Waals surface area contributed by atoms with Crippen molar-refractivity contribution in [1.29, 1.82) is 0 Å². The molecule has 174 valence electrons. The standard InChI is InChI=1S/C26H25N3O4S/c1-32-21-12-8-18(9-13-21)17-28(26(34)27-19-6-4-3-5-7-19)23-16-24(30)29(25(23)31)20-10-14-22(33-2)15-11-20/h3-15,23H,16-17H2,1-2H3,(H,27,34)/t23-/m0/s1. The minimum atomic E-state index is -0.736. The highest BCUT2D eigenvalue weighted by molar-refractivity contribution is 7.80. The number of benzene rings is 3. The molecule has 8 heteroatoms. The number of nitrogens with zero attached hydrogens (tertiary/aromatic N) is 2. The highest BCUT2D eigenvalue weighted by atomic mass is 32.1. The lowest BCUT2D eigenvalue weighted by Crippen LogP contribution is -2.46. The fourth-order valence-electron chi connectivity index (χ4n) is 3.83. The highest BCUT2D eigenvalue weighted by Gasteiger charge is 2.43. The predicted molar refractivity (Wildman–Crippen MR) is 135 cm³/mol. The van der Waals surface area contributed by atoms with Crippen molar-refractivity contribution < 1.29 is 19.1 Å². The fourth-order valence-corrected chi connectivity index (χ4v) is 4.14. The first-order valence-corrected chi connectivity index (χ1v) is 11.2. The Bertz CT molecular complexity index is 1170. The highest BCUT2D eigenvalue weighted by Crippen LogP contribution is 2.29. The molecule has 0 unspecified atom stereocenters. The molecule has 0 radical (unpaired) electrons. The molecule has 4 rings (SSSR count).